The normalized spacial score (nSPS) is 14.6. The molecule has 0 aliphatic carbocycles. The summed E-state index contributed by atoms with van der Waals surface area (Å²) in [5.41, 5.74) is 0. The summed E-state index contributed by atoms with van der Waals surface area (Å²) in [6.07, 6.45) is 11.4. The van der Waals surface area contributed by atoms with E-state index in [1.54, 1.807) is 3.59 Å². The molecule has 0 aromatic heterocycles. The molecule has 1 nitrogen and oxygen atoms in total. The molecule has 0 rings (SSSR count). The summed E-state index contributed by atoms with van der Waals surface area (Å²) >= 11 is -2.18. The van der Waals surface area contributed by atoms with Gasteiger partial charge in [0.15, 0.2) is 0 Å². The van der Waals surface area contributed by atoms with Crippen LogP contribution in [-0.4, -0.2) is 29.6 Å². The van der Waals surface area contributed by atoms with Crippen LogP contribution in [0, 0.1) is 5.92 Å². The molecule has 0 unspecified atom stereocenters. The van der Waals surface area contributed by atoms with E-state index in [4.69, 9.17) is 0 Å². The van der Waals surface area contributed by atoms with Crippen LogP contribution < -0.4 is 0 Å². The molecule has 0 aliphatic heterocycles. The summed E-state index contributed by atoms with van der Waals surface area (Å²) in [6, 6.07) is 0. The fraction of sp³-hybridized carbons (Fsp3) is 0.900. The molecule has 1 atom stereocenters. The van der Waals surface area contributed by atoms with Gasteiger partial charge in [0.25, 0.3) is 0 Å². The molecule has 0 bridgehead atoms. The SMILES string of the molecule is CCC[CH2][Sn]([CH2]CCC)([CH2]CCC)/[C](C)=C/C[C@H](O)C(C)C. The average Bonchev–Trinajstić information content (AvgIpc) is 2.51. The Hall–Kier alpha value is 0.499. The summed E-state index contributed by atoms with van der Waals surface area (Å²) in [5, 5.41) is 10.1. The van der Waals surface area contributed by atoms with Crippen molar-refractivity contribution in [3.8, 4) is 0 Å². The number of allylic oxidation sites excluding steroid dienone is 1. The predicted octanol–water partition coefficient (Wildman–Crippen LogP) is 6.73. The van der Waals surface area contributed by atoms with Gasteiger partial charge in [-0.3, -0.25) is 0 Å². The van der Waals surface area contributed by atoms with Crippen LogP contribution in [-0.2, 0) is 0 Å². The monoisotopic (exact) mass is 418 g/mol. The van der Waals surface area contributed by atoms with E-state index < -0.39 is 18.4 Å². The molecule has 2 heteroatoms. The van der Waals surface area contributed by atoms with Gasteiger partial charge in [0.1, 0.15) is 0 Å². The van der Waals surface area contributed by atoms with E-state index in [1.165, 1.54) is 51.8 Å². The van der Waals surface area contributed by atoms with Crippen LogP contribution in [0.1, 0.15) is 86.5 Å². The Balaban J connectivity index is 5.13. The van der Waals surface area contributed by atoms with Gasteiger partial charge in [-0.15, -0.1) is 0 Å². The van der Waals surface area contributed by atoms with Crippen LogP contribution in [0.25, 0.3) is 0 Å². The summed E-state index contributed by atoms with van der Waals surface area (Å²) in [5.74, 6) is 0.371. The second-order valence-electron chi connectivity index (χ2n) is 7.53. The minimum absolute atomic E-state index is 0.164. The van der Waals surface area contributed by atoms with E-state index in [0.29, 0.717) is 5.92 Å². The average molecular weight is 417 g/mol. The van der Waals surface area contributed by atoms with Crippen LogP contribution in [0.3, 0.4) is 0 Å². The molecule has 0 saturated carbocycles. The van der Waals surface area contributed by atoms with Gasteiger partial charge >= 0.3 is 145 Å². The van der Waals surface area contributed by atoms with Gasteiger partial charge in [0.2, 0.25) is 0 Å². The van der Waals surface area contributed by atoms with Gasteiger partial charge in [0, 0.05) is 0 Å². The molecule has 22 heavy (non-hydrogen) atoms. The molecule has 132 valence electrons. The van der Waals surface area contributed by atoms with Crippen LogP contribution in [0.15, 0.2) is 9.67 Å². The van der Waals surface area contributed by atoms with Crippen LogP contribution >= 0.6 is 0 Å². The zero-order chi connectivity index (χ0) is 17.0. The Kier molecular flexibility index (Phi) is 13.2. The molecule has 0 aliphatic rings. The van der Waals surface area contributed by atoms with Gasteiger partial charge in [-0.2, -0.15) is 0 Å². The third kappa shape index (κ3) is 8.38. The van der Waals surface area contributed by atoms with Crippen LogP contribution in [0.5, 0.6) is 0 Å². The standard InChI is InChI=1S/C8H15O.3C4H9.Sn/c1-4-5-6-8(9)7(2)3;3*1-3-4-2;/h5,7-9H,6H2,1-3H3;3*1,3-4H2,2H3;/t8-;;;;/m0..../s1. The Morgan fingerprint density at radius 1 is 0.909 bits per heavy atom. The first-order chi connectivity index (χ1) is 10.4. The molecule has 0 spiro atoms. The summed E-state index contributed by atoms with van der Waals surface area (Å²) in [7, 11) is 0. The first-order valence-corrected chi connectivity index (χ1v) is 17.3. The third-order valence-corrected chi connectivity index (χ3v) is 21.9. The van der Waals surface area contributed by atoms with Gasteiger partial charge in [0.05, 0.1) is 0 Å². The van der Waals surface area contributed by atoms with E-state index in [2.05, 4.69) is 47.6 Å². The first kappa shape index (κ1) is 22.5. The predicted molar refractivity (Wildman–Crippen MR) is 104 cm³/mol. The van der Waals surface area contributed by atoms with E-state index in [9.17, 15) is 5.11 Å². The second kappa shape index (κ2) is 12.9. The number of hydrogen-bond acceptors (Lipinski definition) is 1. The molecule has 0 aromatic rings. The van der Waals surface area contributed by atoms with E-state index in [0.717, 1.165) is 6.42 Å². The van der Waals surface area contributed by atoms with E-state index in [-0.39, 0.29) is 6.10 Å². The Morgan fingerprint density at radius 2 is 1.32 bits per heavy atom. The number of rotatable bonds is 13. The summed E-state index contributed by atoms with van der Waals surface area (Å²) < 4.78 is 6.35. The van der Waals surface area contributed by atoms with Crippen molar-refractivity contribution in [2.45, 2.75) is 106 Å². The number of aliphatic hydroxyl groups excluding tert-OH is 1. The molecule has 0 fully saturated rings. The fourth-order valence-corrected chi connectivity index (χ4v) is 19.2. The first-order valence-electron chi connectivity index (χ1n) is 9.78. The van der Waals surface area contributed by atoms with Gasteiger partial charge in [-0.1, -0.05) is 0 Å². The molecule has 0 aromatic carbocycles. The Labute approximate surface area is 144 Å². The number of unbranched alkanes of at least 4 members (excludes halogenated alkanes) is 3. The zero-order valence-electron chi connectivity index (χ0n) is 16.3. The van der Waals surface area contributed by atoms with Crippen molar-refractivity contribution in [1.82, 2.24) is 0 Å². The number of aliphatic hydroxyl groups is 1. The molecular formula is C20H42OSn. The second-order valence-corrected chi connectivity index (χ2v) is 21.4. The van der Waals surface area contributed by atoms with Crippen LogP contribution in [0.2, 0.25) is 13.3 Å². The van der Waals surface area contributed by atoms with Crippen molar-refractivity contribution in [2.75, 3.05) is 0 Å². The Bertz CT molecular complexity index is 274. The van der Waals surface area contributed by atoms with Crippen molar-refractivity contribution in [3.05, 3.63) is 9.67 Å². The molecule has 0 saturated heterocycles. The van der Waals surface area contributed by atoms with Gasteiger partial charge < -0.3 is 0 Å². The fourth-order valence-electron chi connectivity index (χ4n) is 3.30. The van der Waals surface area contributed by atoms with Gasteiger partial charge in [-0.05, 0) is 0 Å². The van der Waals surface area contributed by atoms with Gasteiger partial charge in [-0.25, -0.2) is 0 Å². The Morgan fingerprint density at radius 3 is 1.64 bits per heavy atom. The molecule has 0 amide bonds. The number of hydrogen-bond donors (Lipinski definition) is 1. The molecular weight excluding hydrogens is 375 g/mol. The minimum atomic E-state index is -2.18. The summed E-state index contributed by atoms with van der Waals surface area (Å²) in [4.78, 5) is 0. The molecule has 1 N–H and O–H groups in total. The quantitative estimate of drug-likeness (QED) is 0.330. The van der Waals surface area contributed by atoms with Crippen molar-refractivity contribution in [3.63, 3.8) is 0 Å². The van der Waals surface area contributed by atoms with Crippen LogP contribution in [0.4, 0.5) is 0 Å². The summed E-state index contributed by atoms with van der Waals surface area (Å²) in [6.45, 7) is 13.7. The van der Waals surface area contributed by atoms with Crippen molar-refractivity contribution in [1.29, 1.82) is 0 Å². The maximum atomic E-state index is 10.1. The zero-order valence-corrected chi connectivity index (χ0v) is 19.1. The van der Waals surface area contributed by atoms with Crippen molar-refractivity contribution in [2.24, 2.45) is 5.92 Å². The molecule has 0 heterocycles. The van der Waals surface area contributed by atoms with Crippen molar-refractivity contribution >= 4 is 18.4 Å². The molecule has 0 radical (unpaired) electrons. The van der Waals surface area contributed by atoms with Crippen molar-refractivity contribution < 1.29 is 5.11 Å². The maximum absolute atomic E-state index is 10.1. The van der Waals surface area contributed by atoms with E-state index in [1.807, 2.05) is 0 Å². The van der Waals surface area contributed by atoms with E-state index >= 15 is 0 Å². The third-order valence-electron chi connectivity index (χ3n) is 5.30. The topological polar surface area (TPSA) is 20.2 Å².